The number of rotatable bonds is 2. The average molecular weight is 347 g/mol. The zero-order valence-corrected chi connectivity index (χ0v) is 13.4. The molecule has 2 rings (SSSR count). The first kappa shape index (κ1) is 18.3. The fraction of sp³-hybridized carbons (Fsp3) is 0.353. The summed E-state index contributed by atoms with van der Waals surface area (Å²) in [5, 5.41) is 0. The van der Waals surface area contributed by atoms with Crippen molar-refractivity contribution in [3.63, 3.8) is 0 Å². The third kappa shape index (κ3) is 3.12. The Hall–Kier alpha value is -2.05. The van der Waals surface area contributed by atoms with Crippen LogP contribution in [-0.2, 0) is 6.18 Å². The molecule has 1 heterocycles. The number of alkyl halides is 3. The lowest BCUT2D eigenvalue weighted by Gasteiger charge is -2.21. The molecule has 0 N–H and O–H groups in total. The summed E-state index contributed by atoms with van der Waals surface area (Å²) in [4.78, 5) is 3.04. The molecule has 0 fully saturated rings. The van der Waals surface area contributed by atoms with Crippen molar-refractivity contribution in [2.45, 2.75) is 39.8 Å². The second-order valence-corrected chi connectivity index (χ2v) is 5.92. The summed E-state index contributed by atoms with van der Waals surface area (Å²) in [6.45, 7) is 5.71. The molecule has 0 amide bonds. The van der Waals surface area contributed by atoms with Crippen LogP contribution < -0.4 is 0 Å². The molecule has 0 aliphatic carbocycles. The van der Waals surface area contributed by atoms with Gasteiger partial charge in [0.05, 0.1) is 16.8 Å². The number of nitrogens with zero attached hydrogens (tertiary/aromatic N) is 1. The largest absolute Gasteiger partial charge is 0.417 e. The maximum Gasteiger partial charge on any atom is 0.417 e. The molecule has 0 aliphatic heterocycles. The van der Waals surface area contributed by atoms with Gasteiger partial charge in [0.1, 0.15) is 0 Å². The number of hydrogen-bond donors (Lipinski definition) is 0. The standard InChI is InChI=1S/C17H15F6N/c1-7(2)10-5-8(3)6-11(17(21,22)23)12(10)13-14(18)9(4)24-16(20)15(13)19/h5-7H,1-4H3. The van der Waals surface area contributed by atoms with Crippen molar-refractivity contribution in [2.75, 3.05) is 0 Å². The number of aromatic nitrogens is 1. The fourth-order valence-corrected chi connectivity index (χ4v) is 2.62. The monoisotopic (exact) mass is 347 g/mol. The molecule has 0 saturated carbocycles. The highest BCUT2D eigenvalue weighted by Crippen LogP contribution is 2.44. The molecule has 7 heteroatoms. The van der Waals surface area contributed by atoms with Gasteiger partial charge in [-0.2, -0.15) is 17.6 Å². The van der Waals surface area contributed by atoms with Crippen molar-refractivity contribution >= 4 is 0 Å². The molecule has 24 heavy (non-hydrogen) atoms. The van der Waals surface area contributed by atoms with E-state index in [-0.39, 0.29) is 5.56 Å². The third-order valence-electron chi connectivity index (χ3n) is 3.69. The number of benzene rings is 1. The van der Waals surface area contributed by atoms with E-state index in [0.29, 0.717) is 5.56 Å². The third-order valence-corrected chi connectivity index (χ3v) is 3.69. The molecule has 2 aromatic rings. The second kappa shape index (κ2) is 6.11. The van der Waals surface area contributed by atoms with E-state index in [2.05, 4.69) is 4.98 Å². The molecular formula is C17H15F6N. The van der Waals surface area contributed by atoms with Crippen LogP contribution in [0.2, 0.25) is 0 Å². The van der Waals surface area contributed by atoms with Crippen molar-refractivity contribution < 1.29 is 26.3 Å². The molecule has 0 atom stereocenters. The summed E-state index contributed by atoms with van der Waals surface area (Å²) in [6, 6.07) is 2.22. The normalized spacial score (nSPS) is 12.1. The summed E-state index contributed by atoms with van der Waals surface area (Å²) in [5.41, 5.74) is -3.04. The molecular weight excluding hydrogens is 332 g/mol. The van der Waals surface area contributed by atoms with Crippen molar-refractivity contribution in [2.24, 2.45) is 0 Å². The zero-order valence-electron chi connectivity index (χ0n) is 13.4. The van der Waals surface area contributed by atoms with Gasteiger partial charge in [0, 0.05) is 5.56 Å². The topological polar surface area (TPSA) is 12.9 Å². The van der Waals surface area contributed by atoms with Gasteiger partial charge in [-0.15, -0.1) is 0 Å². The van der Waals surface area contributed by atoms with Gasteiger partial charge in [0.25, 0.3) is 0 Å². The Morgan fingerprint density at radius 3 is 2.00 bits per heavy atom. The van der Waals surface area contributed by atoms with Gasteiger partial charge in [-0.25, -0.2) is 13.8 Å². The van der Waals surface area contributed by atoms with Crippen LogP contribution in [0.3, 0.4) is 0 Å². The van der Waals surface area contributed by atoms with Gasteiger partial charge >= 0.3 is 6.18 Å². The number of pyridine rings is 1. The van der Waals surface area contributed by atoms with E-state index in [9.17, 15) is 26.3 Å². The number of hydrogen-bond acceptors (Lipinski definition) is 1. The van der Waals surface area contributed by atoms with E-state index < -0.39 is 52.1 Å². The van der Waals surface area contributed by atoms with Gasteiger partial charge in [0.15, 0.2) is 11.6 Å². The Labute approximate surface area is 135 Å². The molecule has 0 unspecified atom stereocenters. The molecule has 0 aliphatic rings. The average Bonchev–Trinajstić information content (AvgIpc) is 2.45. The van der Waals surface area contributed by atoms with Crippen LogP contribution in [0.4, 0.5) is 26.3 Å². The second-order valence-electron chi connectivity index (χ2n) is 5.92. The molecule has 1 aromatic carbocycles. The predicted octanol–water partition coefficient (Wildman–Crippen LogP) is 5.92. The Kier molecular flexibility index (Phi) is 4.65. The highest BCUT2D eigenvalue weighted by molar-refractivity contribution is 5.74. The van der Waals surface area contributed by atoms with Crippen LogP contribution >= 0.6 is 0 Å². The maximum atomic E-state index is 14.4. The first-order chi connectivity index (χ1) is 10.9. The van der Waals surface area contributed by atoms with Gasteiger partial charge in [0.2, 0.25) is 5.95 Å². The van der Waals surface area contributed by atoms with Crippen molar-refractivity contribution in [1.82, 2.24) is 4.98 Å². The first-order valence-electron chi connectivity index (χ1n) is 7.18. The highest BCUT2D eigenvalue weighted by Gasteiger charge is 2.38. The van der Waals surface area contributed by atoms with E-state index in [4.69, 9.17) is 0 Å². The van der Waals surface area contributed by atoms with Gasteiger partial charge in [-0.05, 0) is 31.4 Å². The maximum absolute atomic E-state index is 14.4. The van der Waals surface area contributed by atoms with Crippen LogP contribution in [0.1, 0.15) is 42.1 Å². The number of aryl methyl sites for hydroxylation is 2. The van der Waals surface area contributed by atoms with Crippen molar-refractivity contribution in [3.05, 3.63) is 52.1 Å². The molecule has 0 bridgehead atoms. The predicted molar refractivity (Wildman–Crippen MR) is 78.1 cm³/mol. The minimum absolute atomic E-state index is 0.0881. The van der Waals surface area contributed by atoms with E-state index in [1.807, 2.05) is 0 Å². The molecule has 0 spiro atoms. The molecule has 1 aromatic heterocycles. The Morgan fingerprint density at radius 2 is 1.50 bits per heavy atom. The van der Waals surface area contributed by atoms with Crippen LogP contribution in [0.25, 0.3) is 11.1 Å². The fourth-order valence-electron chi connectivity index (χ4n) is 2.62. The molecule has 0 saturated heterocycles. The summed E-state index contributed by atoms with van der Waals surface area (Å²) >= 11 is 0. The minimum atomic E-state index is -4.85. The quantitative estimate of drug-likeness (QED) is 0.485. The van der Waals surface area contributed by atoms with Gasteiger partial charge in [-0.1, -0.05) is 25.5 Å². The van der Waals surface area contributed by atoms with Crippen molar-refractivity contribution in [1.29, 1.82) is 0 Å². The number of halogens is 6. The van der Waals surface area contributed by atoms with E-state index in [1.165, 1.54) is 13.0 Å². The first-order valence-corrected chi connectivity index (χ1v) is 7.18. The van der Waals surface area contributed by atoms with E-state index in [1.54, 1.807) is 13.8 Å². The van der Waals surface area contributed by atoms with Crippen LogP contribution in [0.15, 0.2) is 12.1 Å². The Bertz CT molecular complexity index is 767. The lowest BCUT2D eigenvalue weighted by molar-refractivity contribution is -0.137. The van der Waals surface area contributed by atoms with Crippen LogP contribution in [-0.4, -0.2) is 4.98 Å². The molecule has 0 radical (unpaired) electrons. The van der Waals surface area contributed by atoms with E-state index >= 15 is 0 Å². The van der Waals surface area contributed by atoms with E-state index in [0.717, 1.165) is 13.0 Å². The lowest BCUT2D eigenvalue weighted by atomic mass is 9.86. The lowest BCUT2D eigenvalue weighted by Crippen LogP contribution is -2.13. The summed E-state index contributed by atoms with van der Waals surface area (Å²) < 4.78 is 82.6. The Morgan fingerprint density at radius 1 is 0.917 bits per heavy atom. The highest BCUT2D eigenvalue weighted by atomic mass is 19.4. The van der Waals surface area contributed by atoms with Gasteiger partial charge < -0.3 is 0 Å². The zero-order chi connectivity index (χ0) is 18.4. The summed E-state index contributed by atoms with van der Waals surface area (Å²) in [7, 11) is 0. The van der Waals surface area contributed by atoms with Crippen molar-refractivity contribution in [3.8, 4) is 11.1 Å². The SMILES string of the molecule is Cc1cc(C(C)C)c(-c2c(F)c(C)nc(F)c2F)c(C(F)(F)F)c1. The minimum Gasteiger partial charge on any atom is -0.219 e. The van der Waals surface area contributed by atoms with Gasteiger partial charge in [-0.3, -0.25) is 0 Å². The van der Waals surface area contributed by atoms with Crippen LogP contribution in [0, 0.1) is 31.4 Å². The Balaban J connectivity index is 3.04. The summed E-state index contributed by atoms with van der Waals surface area (Å²) in [5.74, 6) is -5.12. The summed E-state index contributed by atoms with van der Waals surface area (Å²) in [6.07, 6.45) is -4.85. The van der Waals surface area contributed by atoms with Crippen LogP contribution in [0.5, 0.6) is 0 Å². The molecule has 1 nitrogen and oxygen atoms in total. The molecule has 130 valence electrons. The smallest absolute Gasteiger partial charge is 0.219 e.